The summed E-state index contributed by atoms with van der Waals surface area (Å²) in [5.41, 5.74) is 0.719. The second-order valence-electron chi connectivity index (χ2n) is 4.67. The summed E-state index contributed by atoms with van der Waals surface area (Å²) >= 11 is 0. The molecule has 1 heterocycles. The number of benzene rings is 2. The minimum atomic E-state index is -0.895. The van der Waals surface area contributed by atoms with Crippen molar-refractivity contribution in [3.8, 4) is 0 Å². The van der Waals surface area contributed by atoms with Crippen molar-refractivity contribution >= 4 is 18.5 Å². The second kappa shape index (κ2) is 6.62. The highest BCUT2D eigenvalue weighted by Gasteiger charge is 2.24. The second-order valence-corrected chi connectivity index (χ2v) is 6.93. The molecule has 0 aliphatic carbocycles. The molecule has 0 saturated heterocycles. The van der Waals surface area contributed by atoms with E-state index in [1.807, 2.05) is 54.6 Å². The van der Waals surface area contributed by atoms with Crippen molar-refractivity contribution < 1.29 is 5.11 Å². The lowest BCUT2D eigenvalue weighted by molar-refractivity contribution is 0.261. The summed E-state index contributed by atoms with van der Waals surface area (Å²) in [6.07, 6.45) is 1.72. The van der Waals surface area contributed by atoms with Gasteiger partial charge in [-0.2, -0.15) is 0 Å². The predicted molar refractivity (Wildman–Crippen MR) is 88.3 cm³/mol. The van der Waals surface area contributed by atoms with E-state index < -0.39 is 13.8 Å². The molecule has 0 aliphatic heterocycles. The highest BCUT2D eigenvalue weighted by molar-refractivity contribution is 7.73. The number of hydrogen-bond acceptors (Lipinski definition) is 2. The van der Waals surface area contributed by atoms with Crippen LogP contribution in [0.4, 0.5) is 0 Å². The summed E-state index contributed by atoms with van der Waals surface area (Å²) in [6, 6.07) is 26.0. The Hall–Kier alpha value is -2.02. The maximum absolute atomic E-state index is 10.9. The highest BCUT2D eigenvalue weighted by atomic mass is 31.1. The van der Waals surface area contributed by atoms with E-state index in [1.54, 1.807) is 6.20 Å². The monoisotopic (exact) mass is 293 g/mol. The molecule has 3 rings (SSSR count). The molecular weight excluding hydrogens is 277 g/mol. The van der Waals surface area contributed by atoms with Crippen LogP contribution in [-0.4, -0.2) is 10.1 Å². The number of pyridine rings is 1. The lowest BCUT2D eigenvalue weighted by atomic mass is 10.4. The summed E-state index contributed by atoms with van der Waals surface area (Å²) < 4.78 is 0. The Morgan fingerprint density at radius 3 is 1.71 bits per heavy atom. The maximum Gasteiger partial charge on any atom is 0.123 e. The van der Waals surface area contributed by atoms with Crippen molar-refractivity contribution in [2.75, 3.05) is 0 Å². The zero-order valence-corrected chi connectivity index (χ0v) is 12.4. The first-order chi connectivity index (χ1) is 10.4. The van der Waals surface area contributed by atoms with Gasteiger partial charge in [-0.15, -0.1) is 0 Å². The first-order valence-electron chi connectivity index (χ1n) is 6.84. The van der Waals surface area contributed by atoms with Gasteiger partial charge < -0.3 is 5.11 Å². The molecule has 1 N–H and O–H groups in total. The van der Waals surface area contributed by atoms with E-state index in [0.29, 0.717) is 0 Å². The van der Waals surface area contributed by atoms with Gasteiger partial charge in [0.1, 0.15) is 5.85 Å². The van der Waals surface area contributed by atoms with Gasteiger partial charge in [0, 0.05) is 6.20 Å². The van der Waals surface area contributed by atoms with Crippen LogP contribution in [0.1, 0.15) is 11.5 Å². The van der Waals surface area contributed by atoms with Gasteiger partial charge >= 0.3 is 0 Å². The molecule has 3 heteroatoms. The first-order valence-corrected chi connectivity index (χ1v) is 8.25. The Labute approximate surface area is 125 Å². The molecule has 1 unspecified atom stereocenters. The summed E-state index contributed by atoms with van der Waals surface area (Å²) in [5, 5.41) is 13.2. The summed E-state index contributed by atoms with van der Waals surface area (Å²) in [7, 11) is -0.895. The van der Waals surface area contributed by atoms with Crippen LogP contribution in [-0.2, 0) is 0 Å². The molecule has 104 valence electrons. The molecular formula is C18H16NOP. The smallest absolute Gasteiger partial charge is 0.123 e. The van der Waals surface area contributed by atoms with Crippen molar-refractivity contribution in [2.45, 2.75) is 5.85 Å². The molecule has 0 spiro atoms. The molecule has 0 fully saturated rings. The Morgan fingerprint density at radius 2 is 1.24 bits per heavy atom. The van der Waals surface area contributed by atoms with Crippen molar-refractivity contribution in [3.05, 3.63) is 90.8 Å². The Bertz CT molecular complexity index is 634. The van der Waals surface area contributed by atoms with E-state index in [4.69, 9.17) is 0 Å². The lowest BCUT2D eigenvalue weighted by Gasteiger charge is -2.24. The quantitative estimate of drug-likeness (QED) is 0.749. The van der Waals surface area contributed by atoms with E-state index in [1.165, 1.54) is 0 Å². The summed E-state index contributed by atoms with van der Waals surface area (Å²) in [5.74, 6) is -0.606. The number of rotatable bonds is 4. The average molecular weight is 293 g/mol. The SMILES string of the molecule is OC(c1ccccn1)P(c1ccccc1)c1ccccc1. The van der Waals surface area contributed by atoms with E-state index in [9.17, 15) is 5.11 Å². The number of aromatic nitrogens is 1. The van der Waals surface area contributed by atoms with Gasteiger partial charge in [-0.3, -0.25) is 4.98 Å². The van der Waals surface area contributed by atoms with E-state index in [2.05, 4.69) is 29.2 Å². The zero-order chi connectivity index (χ0) is 14.5. The van der Waals surface area contributed by atoms with Gasteiger partial charge in [0.25, 0.3) is 0 Å². The minimum Gasteiger partial charge on any atom is -0.382 e. The number of nitrogens with zero attached hydrogens (tertiary/aromatic N) is 1. The van der Waals surface area contributed by atoms with Crippen LogP contribution in [0.25, 0.3) is 0 Å². The Balaban J connectivity index is 2.05. The molecule has 0 amide bonds. The average Bonchev–Trinajstić information content (AvgIpc) is 2.58. The Morgan fingerprint density at radius 1 is 0.714 bits per heavy atom. The van der Waals surface area contributed by atoms with Crippen molar-refractivity contribution in [3.63, 3.8) is 0 Å². The highest BCUT2D eigenvalue weighted by Crippen LogP contribution is 2.46. The third-order valence-electron chi connectivity index (χ3n) is 3.27. The molecule has 0 saturated carbocycles. The van der Waals surface area contributed by atoms with E-state index in [0.717, 1.165) is 16.3 Å². The molecule has 0 bridgehead atoms. The maximum atomic E-state index is 10.9. The van der Waals surface area contributed by atoms with E-state index in [-0.39, 0.29) is 0 Å². The molecule has 0 radical (unpaired) electrons. The molecule has 3 aromatic rings. The zero-order valence-electron chi connectivity index (χ0n) is 11.5. The third kappa shape index (κ3) is 3.18. The first kappa shape index (κ1) is 13.9. The summed E-state index contributed by atoms with van der Waals surface area (Å²) in [6.45, 7) is 0. The lowest BCUT2D eigenvalue weighted by Crippen LogP contribution is -2.17. The van der Waals surface area contributed by atoms with Crippen molar-refractivity contribution in [1.29, 1.82) is 0 Å². The molecule has 2 aromatic carbocycles. The van der Waals surface area contributed by atoms with Gasteiger partial charge in [-0.25, -0.2) is 0 Å². The van der Waals surface area contributed by atoms with Crippen molar-refractivity contribution in [2.24, 2.45) is 0 Å². The van der Waals surface area contributed by atoms with Crippen LogP contribution in [0.5, 0.6) is 0 Å². The molecule has 1 atom stereocenters. The van der Waals surface area contributed by atoms with Crippen LogP contribution >= 0.6 is 7.92 Å². The van der Waals surface area contributed by atoms with Gasteiger partial charge in [0.15, 0.2) is 0 Å². The fraction of sp³-hybridized carbons (Fsp3) is 0.0556. The summed E-state index contributed by atoms with van der Waals surface area (Å²) in [4.78, 5) is 4.32. The van der Waals surface area contributed by atoms with Crippen LogP contribution in [0.3, 0.4) is 0 Å². The minimum absolute atomic E-state index is 0.606. The largest absolute Gasteiger partial charge is 0.382 e. The third-order valence-corrected chi connectivity index (χ3v) is 5.73. The molecule has 0 aliphatic rings. The van der Waals surface area contributed by atoms with Gasteiger partial charge in [0.2, 0.25) is 0 Å². The van der Waals surface area contributed by atoms with E-state index >= 15 is 0 Å². The van der Waals surface area contributed by atoms with Crippen LogP contribution < -0.4 is 10.6 Å². The number of aliphatic hydroxyl groups is 1. The topological polar surface area (TPSA) is 33.1 Å². The van der Waals surface area contributed by atoms with Gasteiger partial charge in [-0.1, -0.05) is 66.7 Å². The molecule has 21 heavy (non-hydrogen) atoms. The molecule has 2 nitrogen and oxygen atoms in total. The van der Waals surface area contributed by atoms with Crippen LogP contribution in [0.2, 0.25) is 0 Å². The fourth-order valence-corrected chi connectivity index (χ4v) is 4.54. The van der Waals surface area contributed by atoms with Crippen LogP contribution in [0.15, 0.2) is 85.1 Å². The standard InChI is InChI=1S/C18H16NOP/c20-18(17-13-7-8-14-19-17)21(15-9-3-1-4-10-15)16-11-5-2-6-12-16/h1-14,18,20H. The number of aliphatic hydroxyl groups excluding tert-OH is 1. The van der Waals surface area contributed by atoms with Crippen molar-refractivity contribution in [1.82, 2.24) is 4.98 Å². The van der Waals surface area contributed by atoms with Crippen LogP contribution in [0, 0.1) is 0 Å². The predicted octanol–water partition coefficient (Wildman–Crippen LogP) is 3.21. The number of hydrogen-bond donors (Lipinski definition) is 1. The Kier molecular flexibility index (Phi) is 4.40. The molecule has 1 aromatic heterocycles. The van der Waals surface area contributed by atoms with Gasteiger partial charge in [-0.05, 0) is 30.7 Å². The normalized spacial score (nSPS) is 12.3. The fourth-order valence-electron chi connectivity index (χ4n) is 2.27. The van der Waals surface area contributed by atoms with Gasteiger partial charge in [0.05, 0.1) is 5.69 Å².